The first kappa shape index (κ1) is 16.7. The predicted molar refractivity (Wildman–Crippen MR) is 95.2 cm³/mol. The molecule has 0 aliphatic carbocycles. The van der Waals surface area contributed by atoms with Gasteiger partial charge in [-0.3, -0.25) is 14.7 Å². The molecule has 0 saturated carbocycles. The van der Waals surface area contributed by atoms with Crippen LogP contribution in [0.1, 0.15) is 24.0 Å². The number of rotatable bonds is 5. The Balaban J connectivity index is 1.48. The van der Waals surface area contributed by atoms with Crippen LogP contribution in [-0.2, 0) is 17.9 Å². The smallest absolute Gasteiger partial charge is 0.225 e. The molecule has 0 unspecified atom stereocenters. The normalized spacial score (nSPS) is 16.0. The van der Waals surface area contributed by atoms with E-state index in [4.69, 9.17) is 0 Å². The monoisotopic (exact) mass is 323 g/mol. The first-order chi connectivity index (χ1) is 11.7. The molecule has 1 amide bonds. The summed E-state index contributed by atoms with van der Waals surface area (Å²) in [5.41, 5.74) is 2.42. The standard InChI is InChI=1S/C20H25N3O/c1-22(15-17-6-3-2-4-7-17)20(24)19-9-12-23(13-10-19)16-18-8-5-11-21-14-18/h2-8,11,14,19H,9-10,12-13,15-16H2,1H3. The molecule has 2 aromatic rings. The van der Waals surface area contributed by atoms with Crippen LogP contribution < -0.4 is 0 Å². The summed E-state index contributed by atoms with van der Waals surface area (Å²) in [5.74, 6) is 0.434. The molecule has 1 aromatic carbocycles. The van der Waals surface area contributed by atoms with Crippen LogP contribution in [-0.4, -0.2) is 40.8 Å². The fourth-order valence-electron chi connectivity index (χ4n) is 3.33. The number of carbonyl (C=O) groups excluding carboxylic acids is 1. The van der Waals surface area contributed by atoms with E-state index in [0.717, 1.165) is 32.5 Å². The van der Waals surface area contributed by atoms with Crippen LogP contribution in [0.5, 0.6) is 0 Å². The van der Waals surface area contributed by atoms with Crippen molar-refractivity contribution in [2.45, 2.75) is 25.9 Å². The summed E-state index contributed by atoms with van der Waals surface area (Å²) < 4.78 is 0. The lowest BCUT2D eigenvalue weighted by Gasteiger charge is -2.33. The molecule has 3 rings (SSSR count). The zero-order valence-electron chi connectivity index (χ0n) is 14.3. The van der Waals surface area contributed by atoms with Crippen LogP contribution in [0.3, 0.4) is 0 Å². The van der Waals surface area contributed by atoms with Gasteiger partial charge in [-0.15, -0.1) is 0 Å². The number of nitrogens with zero attached hydrogens (tertiary/aromatic N) is 3. The van der Waals surface area contributed by atoms with E-state index in [1.807, 2.05) is 42.4 Å². The highest BCUT2D eigenvalue weighted by Crippen LogP contribution is 2.21. The summed E-state index contributed by atoms with van der Waals surface area (Å²) >= 11 is 0. The van der Waals surface area contributed by atoms with Gasteiger partial charge >= 0.3 is 0 Å². The molecule has 4 nitrogen and oxygen atoms in total. The van der Waals surface area contributed by atoms with Crippen LogP contribution in [0.4, 0.5) is 0 Å². The number of hydrogen-bond donors (Lipinski definition) is 0. The van der Waals surface area contributed by atoms with E-state index in [-0.39, 0.29) is 11.8 Å². The second kappa shape index (κ2) is 8.06. The average molecular weight is 323 g/mol. The SMILES string of the molecule is CN(Cc1ccccc1)C(=O)C1CCN(Cc2cccnc2)CC1. The molecule has 0 bridgehead atoms. The van der Waals surface area contributed by atoms with Gasteiger partial charge in [0, 0.05) is 38.4 Å². The number of aromatic nitrogens is 1. The van der Waals surface area contributed by atoms with Crippen LogP contribution >= 0.6 is 0 Å². The van der Waals surface area contributed by atoms with Crippen molar-refractivity contribution < 1.29 is 4.79 Å². The molecule has 1 aromatic heterocycles. The lowest BCUT2D eigenvalue weighted by Crippen LogP contribution is -2.40. The second-order valence-electron chi connectivity index (χ2n) is 6.59. The Hall–Kier alpha value is -2.20. The first-order valence-corrected chi connectivity index (χ1v) is 8.62. The van der Waals surface area contributed by atoms with Gasteiger partial charge in [0.2, 0.25) is 5.91 Å². The molecule has 1 fully saturated rings. The molecule has 0 radical (unpaired) electrons. The van der Waals surface area contributed by atoms with Crippen LogP contribution in [0.2, 0.25) is 0 Å². The second-order valence-corrected chi connectivity index (χ2v) is 6.59. The average Bonchev–Trinajstić information content (AvgIpc) is 2.63. The van der Waals surface area contributed by atoms with Crippen molar-refractivity contribution in [3.8, 4) is 0 Å². The predicted octanol–water partition coefficient (Wildman–Crippen LogP) is 2.95. The lowest BCUT2D eigenvalue weighted by molar-refractivity contribution is -0.136. The molecular formula is C20H25N3O. The van der Waals surface area contributed by atoms with Crippen molar-refractivity contribution in [1.29, 1.82) is 0 Å². The van der Waals surface area contributed by atoms with Crippen molar-refractivity contribution in [3.05, 3.63) is 66.0 Å². The van der Waals surface area contributed by atoms with E-state index in [2.05, 4.69) is 28.1 Å². The molecule has 1 aliphatic heterocycles. The molecule has 126 valence electrons. The van der Waals surface area contributed by atoms with Crippen molar-refractivity contribution in [2.24, 2.45) is 5.92 Å². The molecular weight excluding hydrogens is 298 g/mol. The van der Waals surface area contributed by atoms with E-state index >= 15 is 0 Å². The highest BCUT2D eigenvalue weighted by molar-refractivity contribution is 5.78. The molecule has 2 heterocycles. The third-order valence-corrected chi connectivity index (χ3v) is 4.70. The topological polar surface area (TPSA) is 36.4 Å². The zero-order chi connectivity index (χ0) is 16.8. The Bertz CT molecular complexity index is 636. The molecule has 1 aliphatic rings. The number of likely N-dealkylation sites (tertiary alicyclic amines) is 1. The molecule has 0 N–H and O–H groups in total. The fraction of sp³-hybridized carbons (Fsp3) is 0.400. The highest BCUT2D eigenvalue weighted by Gasteiger charge is 2.27. The number of carbonyl (C=O) groups is 1. The van der Waals surface area contributed by atoms with Gasteiger partial charge in [-0.2, -0.15) is 0 Å². The maximum absolute atomic E-state index is 12.7. The Morgan fingerprint density at radius 3 is 2.50 bits per heavy atom. The fourth-order valence-corrected chi connectivity index (χ4v) is 3.33. The van der Waals surface area contributed by atoms with Gasteiger partial charge in [-0.05, 0) is 43.1 Å². The zero-order valence-corrected chi connectivity index (χ0v) is 14.3. The van der Waals surface area contributed by atoms with Gasteiger partial charge in [0.05, 0.1) is 0 Å². The van der Waals surface area contributed by atoms with E-state index in [9.17, 15) is 4.79 Å². The summed E-state index contributed by atoms with van der Waals surface area (Å²) in [6, 6.07) is 14.3. The number of pyridine rings is 1. The Morgan fingerprint density at radius 2 is 1.83 bits per heavy atom. The van der Waals surface area contributed by atoms with Crippen molar-refractivity contribution in [1.82, 2.24) is 14.8 Å². The minimum Gasteiger partial charge on any atom is -0.341 e. The Kier molecular flexibility index (Phi) is 5.59. The molecule has 0 spiro atoms. The maximum atomic E-state index is 12.7. The van der Waals surface area contributed by atoms with E-state index in [1.165, 1.54) is 11.1 Å². The highest BCUT2D eigenvalue weighted by atomic mass is 16.2. The maximum Gasteiger partial charge on any atom is 0.225 e. The third-order valence-electron chi connectivity index (χ3n) is 4.70. The lowest BCUT2D eigenvalue weighted by atomic mass is 9.95. The minimum atomic E-state index is 0.156. The summed E-state index contributed by atoms with van der Waals surface area (Å²) in [7, 11) is 1.91. The van der Waals surface area contributed by atoms with Gasteiger partial charge in [0.25, 0.3) is 0 Å². The largest absolute Gasteiger partial charge is 0.341 e. The molecule has 0 atom stereocenters. The van der Waals surface area contributed by atoms with Gasteiger partial charge in [0.15, 0.2) is 0 Å². The number of piperidine rings is 1. The summed E-state index contributed by atoms with van der Waals surface area (Å²) in [4.78, 5) is 21.1. The minimum absolute atomic E-state index is 0.156. The van der Waals surface area contributed by atoms with E-state index in [0.29, 0.717) is 6.54 Å². The van der Waals surface area contributed by atoms with Crippen molar-refractivity contribution in [2.75, 3.05) is 20.1 Å². The van der Waals surface area contributed by atoms with Gasteiger partial charge in [0.1, 0.15) is 0 Å². The van der Waals surface area contributed by atoms with Gasteiger partial charge < -0.3 is 4.90 Å². The molecule has 4 heteroatoms. The van der Waals surface area contributed by atoms with E-state index in [1.54, 1.807) is 6.20 Å². The number of benzene rings is 1. The summed E-state index contributed by atoms with van der Waals surface area (Å²) in [6.45, 7) is 3.57. The van der Waals surface area contributed by atoms with Crippen LogP contribution in [0, 0.1) is 5.92 Å². The van der Waals surface area contributed by atoms with Gasteiger partial charge in [-0.1, -0.05) is 36.4 Å². The number of amides is 1. The summed E-state index contributed by atoms with van der Waals surface area (Å²) in [5, 5.41) is 0. The van der Waals surface area contributed by atoms with Crippen LogP contribution in [0.15, 0.2) is 54.9 Å². The molecule has 1 saturated heterocycles. The molecule has 24 heavy (non-hydrogen) atoms. The van der Waals surface area contributed by atoms with Crippen molar-refractivity contribution in [3.63, 3.8) is 0 Å². The quantitative estimate of drug-likeness (QED) is 0.849. The van der Waals surface area contributed by atoms with Gasteiger partial charge in [-0.25, -0.2) is 0 Å². The first-order valence-electron chi connectivity index (χ1n) is 8.62. The van der Waals surface area contributed by atoms with Crippen molar-refractivity contribution >= 4 is 5.91 Å². The van der Waals surface area contributed by atoms with Crippen LogP contribution in [0.25, 0.3) is 0 Å². The number of hydrogen-bond acceptors (Lipinski definition) is 3. The third kappa shape index (κ3) is 4.42. The summed E-state index contributed by atoms with van der Waals surface area (Å²) in [6.07, 6.45) is 5.61. The van der Waals surface area contributed by atoms with E-state index < -0.39 is 0 Å². The Labute approximate surface area is 144 Å². The Morgan fingerprint density at radius 1 is 1.12 bits per heavy atom.